The summed E-state index contributed by atoms with van der Waals surface area (Å²) in [7, 11) is 0. The van der Waals surface area contributed by atoms with Crippen molar-refractivity contribution in [3.8, 4) is 0 Å². The summed E-state index contributed by atoms with van der Waals surface area (Å²) >= 11 is 5.61. The third-order valence-corrected chi connectivity index (χ3v) is 3.04. The lowest BCUT2D eigenvalue weighted by atomic mass is 9.98. The zero-order valence-corrected chi connectivity index (χ0v) is 9.74. The van der Waals surface area contributed by atoms with E-state index in [1.54, 1.807) is 6.92 Å². The molecule has 1 atom stereocenters. The fourth-order valence-electron chi connectivity index (χ4n) is 1.78. The fraction of sp³-hybridized carbons (Fsp3) is 0.900. The highest BCUT2D eigenvalue weighted by Gasteiger charge is 2.24. The van der Waals surface area contributed by atoms with E-state index in [-0.39, 0.29) is 11.9 Å². The highest BCUT2D eigenvalue weighted by atomic mass is 35.5. The van der Waals surface area contributed by atoms with Crippen molar-refractivity contribution in [2.24, 2.45) is 5.92 Å². The molecule has 0 amide bonds. The van der Waals surface area contributed by atoms with Crippen LogP contribution in [0.5, 0.6) is 0 Å². The number of carbonyl (C=O) groups excluding carboxylic acids is 1. The van der Waals surface area contributed by atoms with Crippen LogP contribution in [-0.2, 0) is 9.53 Å². The van der Waals surface area contributed by atoms with Gasteiger partial charge < -0.3 is 9.84 Å². The van der Waals surface area contributed by atoms with Crippen LogP contribution in [0.3, 0.4) is 0 Å². The second-order valence-corrected chi connectivity index (χ2v) is 4.24. The summed E-state index contributed by atoms with van der Waals surface area (Å²) in [6.45, 7) is 4.17. The Kier molecular flexibility index (Phi) is 5.36. The summed E-state index contributed by atoms with van der Waals surface area (Å²) in [5, 5.41) is 9.18. The monoisotopic (exact) mass is 235 g/mol. The number of rotatable bonds is 4. The third kappa shape index (κ3) is 4.36. The van der Waals surface area contributed by atoms with Gasteiger partial charge in [-0.3, -0.25) is 9.69 Å². The van der Waals surface area contributed by atoms with Crippen LogP contribution in [0.1, 0.15) is 19.8 Å². The molecule has 15 heavy (non-hydrogen) atoms. The molecule has 0 aliphatic carbocycles. The van der Waals surface area contributed by atoms with Crippen LogP contribution >= 0.6 is 11.6 Å². The lowest BCUT2D eigenvalue weighted by molar-refractivity contribution is -0.144. The van der Waals surface area contributed by atoms with Gasteiger partial charge in [-0.2, -0.15) is 0 Å². The van der Waals surface area contributed by atoms with Gasteiger partial charge in [0.2, 0.25) is 0 Å². The molecular weight excluding hydrogens is 218 g/mol. The molecule has 0 radical (unpaired) electrons. The minimum atomic E-state index is -0.755. The molecule has 1 aliphatic rings. The summed E-state index contributed by atoms with van der Waals surface area (Å²) in [6, 6.07) is 0. The zero-order valence-electron chi connectivity index (χ0n) is 8.99. The van der Waals surface area contributed by atoms with Crippen molar-refractivity contribution in [3.05, 3.63) is 0 Å². The molecule has 0 aromatic carbocycles. The maximum Gasteiger partial charge on any atom is 0.320 e. The number of ether oxygens (including phenoxy) is 1. The topological polar surface area (TPSA) is 49.8 Å². The normalized spacial score (nSPS) is 21.3. The molecule has 1 fully saturated rings. The first-order valence-corrected chi connectivity index (χ1v) is 5.77. The molecule has 0 aromatic rings. The van der Waals surface area contributed by atoms with E-state index in [9.17, 15) is 9.90 Å². The van der Waals surface area contributed by atoms with Gasteiger partial charge in [-0.05, 0) is 32.9 Å². The third-order valence-electron chi connectivity index (χ3n) is 2.68. The number of nitrogens with zero attached hydrogens (tertiary/aromatic N) is 1. The van der Waals surface area contributed by atoms with E-state index in [0.717, 1.165) is 25.9 Å². The number of piperidine rings is 1. The molecule has 5 heteroatoms. The average Bonchev–Trinajstić information content (AvgIpc) is 2.18. The smallest absolute Gasteiger partial charge is 0.320 e. The maximum absolute atomic E-state index is 11.2. The number of carbonyl (C=O) groups is 1. The SMILES string of the molecule is CCOC(=O)CN1CCC(C(O)Cl)CC1. The van der Waals surface area contributed by atoms with Gasteiger partial charge in [0.25, 0.3) is 0 Å². The van der Waals surface area contributed by atoms with Crippen LogP contribution in [0.25, 0.3) is 0 Å². The molecular formula is C10H18ClNO3. The Hall–Kier alpha value is -0.320. The first-order valence-electron chi connectivity index (χ1n) is 5.33. The van der Waals surface area contributed by atoms with E-state index in [4.69, 9.17) is 16.3 Å². The van der Waals surface area contributed by atoms with Crippen molar-refractivity contribution >= 4 is 17.6 Å². The van der Waals surface area contributed by atoms with Crippen LogP contribution < -0.4 is 0 Å². The molecule has 0 bridgehead atoms. The molecule has 88 valence electrons. The van der Waals surface area contributed by atoms with Gasteiger partial charge in [-0.1, -0.05) is 11.6 Å². The quantitative estimate of drug-likeness (QED) is 0.579. The number of hydrogen-bond donors (Lipinski definition) is 1. The van der Waals surface area contributed by atoms with Gasteiger partial charge in [0.1, 0.15) is 5.56 Å². The van der Waals surface area contributed by atoms with Gasteiger partial charge >= 0.3 is 5.97 Å². The fourth-order valence-corrected chi connectivity index (χ4v) is 2.03. The summed E-state index contributed by atoms with van der Waals surface area (Å²) in [6.07, 6.45) is 1.67. The minimum Gasteiger partial charge on any atom is -0.465 e. The van der Waals surface area contributed by atoms with E-state index in [0.29, 0.717) is 13.2 Å². The van der Waals surface area contributed by atoms with Crippen molar-refractivity contribution in [2.75, 3.05) is 26.2 Å². The van der Waals surface area contributed by atoms with Gasteiger partial charge in [-0.15, -0.1) is 0 Å². The number of likely N-dealkylation sites (tertiary alicyclic amines) is 1. The van der Waals surface area contributed by atoms with Crippen LogP contribution in [-0.4, -0.2) is 47.8 Å². The molecule has 1 saturated heterocycles. The molecule has 1 aliphatic heterocycles. The second kappa shape index (κ2) is 6.30. The summed E-state index contributed by atoms with van der Waals surface area (Å²) in [5.41, 5.74) is -0.755. The standard InChI is InChI=1S/C10H18ClNO3/c1-2-15-9(13)7-12-5-3-8(4-6-12)10(11)14/h8,10,14H,2-7H2,1H3. The highest BCUT2D eigenvalue weighted by Crippen LogP contribution is 2.22. The lowest BCUT2D eigenvalue weighted by Gasteiger charge is -2.31. The Labute approximate surface area is 95.2 Å². The van der Waals surface area contributed by atoms with Gasteiger partial charge in [0.05, 0.1) is 13.2 Å². The van der Waals surface area contributed by atoms with Crippen LogP contribution in [0.4, 0.5) is 0 Å². The summed E-state index contributed by atoms with van der Waals surface area (Å²) in [5.74, 6) is -0.0208. The lowest BCUT2D eigenvalue weighted by Crippen LogP contribution is -2.39. The molecule has 1 N–H and O–H groups in total. The van der Waals surface area contributed by atoms with Gasteiger partial charge in [0.15, 0.2) is 0 Å². The van der Waals surface area contributed by atoms with Crippen LogP contribution in [0.2, 0.25) is 0 Å². The minimum absolute atomic E-state index is 0.158. The van der Waals surface area contributed by atoms with Crippen molar-refractivity contribution < 1.29 is 14.6 Å². The van der Waals surface area contributed by atoms with Crippen molar-refractivity contribution in [3.63, 3.8) is 0 Å². The Bertz CT molecular complexity index is 203. The number of aliphatic hydroxyl groups is 1. The number of halogens is 1. The van der Waals surface area contributed by atoms with Crippen molar-refractivity contribution in [1.82, 2.24) is 4.90 Å². The van der Waals surface area contributed by atoms with E-state index in [2.05, 4.69) is 0 Å². The number of esters is 1. The molecule has 0 saturated carbocycles. The molecule has 4 nitrogen and oxygen atoms in total. The van der Waals surface area contributed by atoms with Crippen LogP contribution in [0.15, 0.2) is 0 Å². The number of aliphatic hydroxyl groups excluding tert-OH is 1. The van der Waals surface area contributed by atoms with E-state index in [1.165, 1.54) is 0 Å². The predicted octanol–water partition coefficient (Wildman–Crippen LogP) is 0.819. The Balaban J connectivity index is 2.22. The summed E-state index contributed by atoms with van der Waals surface area (Å²) in [4.78, 5) is 13.2. The first-order chi connectivity index (χ1) is 7.13. The van der Waals surface area contributed by atoms with E-state index in [1.807, 2.05) is 4.90 Å². The van der Waals surface area contributed by atoms with Crippen molar-refractivity contribution in [2.45, 2.75) is 25.3 Å². The molecule has 0 aromatic heterocycles. The highest BCUT2D eigenvalue weighted by molar-refractivity contribution is 6.19. The Morgan fingerprint density at radius 3 is 2.67 bits per heavy atom. The number of hydrogen-bond acceptors (Lipinski definition) is 4. The Morgan fingerprint density at radius 1 is 1.60 bits per heavy atom. The van der Waals surface area contributed by atoms with Crippen LogP contribution in [0, 0.1) is 5.92 Å². The first kappa shape index (κ1) is 12.7. The molecule has 1 rings (SSSR count). The van der Waals surface area contributed by atoms with Gasteiger partial charge in [0, 0.05) is 5.92 Å². The molecule has 1 heterocycles. The molecule has 1 unspecified atom stereocenters. The second-order valence-electron chi connectivity index (χ2n) is 3.79. The maximum atomic E-state index is 11.2. The van der Waals surface area contributed by atoms with Gasteiger partial charge in [-0.25, -0.2) is 0 Å². The Morgan fingerprint density at radius 2 is 2.20 bits per heavy atom. The largest absolute Gasteiger partial charge is 0.465 e. The summed E-state index contributed by atoms with van der Waals surface area (Å²) < 4.78 is 4.86. The van der Waals surface area contributed by atoms with Crippen molar-refractivity contribution in [1.29, 1.82) is 0 Å². The zero-order chi connectivity index (χ0) is 11.3. The number of alkyl halides is 1. The average molecular weight is 236 g/mol. The van der Waals surface area contributed by atoms with E-state index < -0.39 is 5.56 Å². The predicted molar refractivity (Wildman–Crippen MR) is 57.7 cm³/mol. The van der Waals surface area contributed by atoms with E-state index >= 15 is 0 Å². The molecule has 0 spiro atoms.